The first-order valence-electron chi connectivity index (χ1n) is 6.46. The first kappa shape index (κ1) is 11.9. The molecule has 2 saturated heterocycles. The summed E-state index contributed by atoms with van der Waals surface area (Å²) in [5.41, 5.74) is 0. The monoisotopic (exact) mass is 226 g/mol. The molecule has 1 N–H and O–H groups in total. The molecule has 0 atom stereocenters. The minimum absolute atomic E-state index is 0.270. The van der Waals surface area contributed by atoms with Gasteiger partial charge in [0.25, 0.3) is 0 Å². The molecule has 92 valence electrons. The van der Waals surface area contributed by atoms with Crippen LogP contribution in [-0.4, -0.2) is 49.7 Å². The Kier molecular flexibility index (Phi) is 4.60. The van der Waals surface area contributed by atoms with Gasteiger partial charge in [-0.25, -0.2) is 0 Å². The number of piperidine rings is 1. The summed E-state index contributed by atoms with van der Waals surface area (Å²) in [6.45, 7) is 4.59. The number of carbonyl (C=O) groups is 1. The molecule has 0 bridgehead atoms. The first-order chi connectivity index (χ1) is 7.86. The molecule has 4 nitrogen and oxygen atoms in total. The number of ether oxygens (including phenoxy) is 1. The molecule has 0 aromatic heterocycles. The van der Waals surface area contributed by atoms with Crippen molar-refractivity contribution in [2.24, 2.45) is 0 Å². The molecule has 0 saturated carbocycles. The van der Waals surface area contributed by atoms with Crippen LogP contribution in [0.25, 0.3) is 0 Å². The van der Waals surface area contributed by atoms with Crippen molar-refractivity contribution < 1.29 is 9.53 Å². The predicted molar refractivity (Wildman–Crippen MR) is 62.3 cm³/mol. The fraction of sp³-hybridized carbons (Fsp3) is 0.917. The lowest BCUT2D eigenvalue weighted by atomic mass is 10.1. The van der Waals surface area contributed by atoms with Crippen molar-refractivity contribution in [3.05, 3.63) is 0 Å². The van der Waals surface area contributed by atoms with E-state index in [4.69, 9.17) is 4.74 Å². The maximum absolute atomic E-state index is 11.7. The van der Waals surface area contributed by atoms with Gasteiger partial charge in [-0.15, -0.1) is 0 Å². The van der Waals surface area contributed by atoms with Gasteiger partial charge in [-0.2, -0.15) is 0 Å². The highest BCUT2D eigenvalue weighted by Gasteiger charge is 2.18. The zero-order chi connectivity index (χ0) is 11.2. The van der Waals surface area contributed by atoms with Gasteiger partial charge < -0.3 is 15.0 Å². The summed E-state index contributed by atoms with van der Waals surface area (Å²) in [4.78, 5) is 13.7. The third-order valence-corrected chi connectivity index (χ3v) is 3.41. The number of carbonyl (C=O) groups excluding carboxylic acids is 1. The molecule has 4 heteroatoms. The van der Waals surface area contributed by atoms with E-state index < -0.39 is 0 Å². The molecule has 2 fully saturated rings. The second kappa shape index (κ2) is 6.21. The fourth-order valence-electron chi connectivity index (χ4n) is 2.40. The number of amides is 1. The minimum atomic E-state index is 0.270. The van der Waals surface area contributed by atoms with Gasteiger partial charge in [0.15, 0.2) is 0 Å². The van der Waals surface area contributed by atoms with Gasteiger partial charge in [-0.3, -0.25) is 4.79 Å². The summed E-state index contributed by atoms with van der Waals surface area (Å²) in [7, 11) is 0. The van der Waals surface area contributed by atoms with E-state index in [9.17, 15) is 4.79 Å². The van der Waals surface area contributed by atoms with E-state index in [1.54, 1.807) is 0 Å². The largest absolute Gasteiger partial charge is 0.378 e. The highest BCUT2D eigenvalue weighted by atomic mass is 16.5. The number of nitrogens with zero attached hydrogens (tertiary/aromatic N) is 1. The lowest BCUT2D eigenvalue weighted by Gasteiger charge is -2.23. The van der Waals surface area contributed by atoms with Crippen LogP contribution in [0.15, 0.2) is 0 Å². The Morgan fingerprint density at radius 3 is 2.62 bits per heavy atom. The van der Waals surface area contributed by atoms with Crippen LogP contribution in [0.3, 0.4) is 0 Å². The number of rotatable bonds is 4. The van der Waals surface area contributed by atoms with Crippen molar-refractivity contribution in [3.8, 4) is 0 Å². The molecule has 0 aromatic rings. The second-order valence-electron chi connectivity index (χ2n) is 4.66. The summed E-state index contributed by atoms with van der Waals surface area (Å²) < 4.78 is 5.73. The average Bonchev–Trinajstić information content (AvgIpc) is 2.84. The Hall–Kier alpha value is -0.610. The topological polar surface area (TPSA) is 41.6 Å². The van der Waals surface area contributed by atoms with E-state index in [1.807, 2.05) is 4.90 Å². The summed E-state index contributed by atoms with van der Waals surface area (Å²) in [6, 6.07) is 0. The van der Waals surface area contributed by atoms with Gasteiger partial charge in [0.1, 0.15) is 0 Å². The van der Waals surface area contributed by atoms with Crippen LogP contribution in [0.5, 0.6) is 0 Å². The van der Waals surface area contributed by atoms with E-state index >= 15 is 0 Å². The molecule has 0 aromatic carbocycles. The second-order valence-corrected chi connectivity index (χ2v) is 4.66. The van der Waals surface area contributed by atoms with E-state index in [1.165, 1.54) is 12.8 Å². The van der Waals surface area contributed by atoms with Crippen LogP contribution >= 0.6 is 0 Å². The standard InChI is InChI=1S/C12H22N2O2/c15-12(14-8-1-2-9-14)5-10-16-11-3-6-13-7-4-11/h11,13H,1-10H2. The van der Waals surface area contributed by atoms with Crippen LogP contribution in [-0.2, 0) is 9.53 Å². The quantitative estimate of drug-likeness (QED) is 0.770. The van der Waals surface area contributed by atoms with E-state index in [-0.39, 0.29) is 5.91 Å². The molecular weight excluding hydrogens is 204 g/mol. The van der Waals surface area contributed by atoms with Gasteiger partial charge >= 0.3 is 0 Å². The molecular formula is C12H22N2O2. The molecule has 0 unspecified atom stereocenters. The van der Waals surface area contributed by atoms with Crippen molar-refractivity contribution in [2.75, 3.05) is 32.8 Å². The third kappa shape index (κ3) is 3.46. The van der Waals surface area contributed by atoms with Gasteiger partial charge in [-0.05, 0) is 38.8 Å². The van der Waals surface area contributed by atoms with E-state index in [2.05, 4.69) is 5.32 Å². The van der Waals surface area contributed by atoms with E-state index in [0.29, 0.717) is 19.1 Å². The van der Waals surface area contributed by atoms with Crippen molar-refractivity contribution in [3.63, 3.8) is 0 Å². The van der Waals surface area contributed by atoms with Gasteiger partial charge in [0.2, 0.25) is 5.91 Å². The molecule has 16 heavy (non-hydrogen) atoms. The number of nitrogens with one attached hydrogen (secondary N) is 1. The summed E-state index contributed by atoms with van der Waals surface area (Å²) in [6.07, 6.45) is 5.43. The van der Waals surface area contributed by atoms with Crippen molar-refractivity contribution >= 4 is 5.91 Å². The Balaban J connectivity index is 1.57. The average molecular weight is 226 g/mol. The van der Waals surface area contributed by atoms with Gasteiger partial charge in [0, 0.05) is 13.1 Å². The van der Waals surface area contributed by atoms with Crippen molar-refractivity contribution in [1.29, 1.82) is 0 Å². The molecule has 2 heterocycles. The molecule has 0 radical (unpaired) electrons. The predicted octanol–water partition coefficient (Wildman–Crippen LogP) is 0.767. The van der Waals surface area contributed by atoms with E-state index in [0.717, 1.165) is 39.0 Å². The Bertz CT molecular complexity index is 221. The fourth-order valence-corrected chi connectivity index (χ4v) is 2.40. The lowest BCUT2D eigenvalue weighted by molar-refractivity contribution is -0.131. The molecule has 2 rings (SSSR count). The van der Waals surface area contributed by atoms with Crippen LogP contribution in [0.4, 0.5) is 0 Å². The maximum atomic E-state index is 11.7. The normalized spacial score (nSPS) is 22.6. The van der Waals surface area contributed by atoms with Gasteiger partial charge in [-0.1, -0.05) is 0 Å². The SMILES string of the molecule is O=C(CCOC1CCNCC1)N1CCCC1. The summed E-state index contributed by atoms with van der Waals surface area (Å²) in [5.74, 6) is 0.270. The molecule has 1 amide bonds. The van der Waals surface area contributed by atoms with Crippen molar-refractivity contribution in [1.82, 2.24) is 10.2 Å². The maximum Gasteiger partial charge on any atom is 0.224 e. The van der Waals surface area contributed by atoms with Crippen LogP contribution < -0.4 is 5.32 Å². The summed E-state index contributed by atoms with van der Waals surface area (Å²) in [5, 5.41) is 3.30. The minimum Gasteiger partial charge on any atom is -0.378 e. The zero-order valence-corrected chi connectivity index (χ0v) is 9.91. The third-order valence-electron chi connectivity index (χ3n) is 3.41. The first-order valence-corrected chi connectivity index (χ1v) is 6.46. The zero-order valence-electron chi connectivity index (χ0n) is 9.91. The van der Waals surface area contributed by atoms with Gasteiger partial charge in [0.05, 0.1) is 19.1 Å². The lowest BCUT2D eigenvalue weighted by Crippen LogP contribution is -2.34. The van der Waals surface area contributed by atoms with Crippen LogP contribution in [0.2, 0.25) is 0 Å². The number of hydrogen-bond acceptors (Lipinski definition) is 3. The Labute approximate surface area is 97.3 Å². The molecule has 0 aliphatic carbocycles. The number of hydrogen-bond donors (Lipinski definition) is 1. The molecule has 0 spiro atoms. The van der Waals surface area contributed by atoms with Crippen LogP contribution in [0, 0.1) is 0 Å². The van der Waals surface area contributed by atoms with Crippen molar-refractivity contribution in [2.45, 2.75) is 38.2 Å². The molecule has 2 aliphatic heterocycles. The van der Waals surface area contributed by atoms with Crippen LogP contribution in [0.1, 0.15) is 32.1 Å². The Morgan fingerprint density at radius 2 is 1.94 bits per heavy atom. The highest BCUT2D eigenvalue weighted by Crippen LogP contribution is 2.11. The highest BCUT2D eigenvalue weighted by molar-refractivity contribution is 5.76. The number of likely N-dealkylation sites (tertiary alicyclic amines) is 1. The Morgan fingerprint density at radius 1 is 1.25 bits per heavy atom. The molecule has 2 aliphatic rings. The smallest absolute Gasteiger partial charge is 0.224 e. The summed E-state index contributed by atoms with van der Waals surface area (Å²) >= 11 is 0.